The number of nitrogens with zero attached hydrogens (tertiary/aromatic N) is 3. The normalized spacial score (nSPS) is 11.8. The molecule has 0 unspecified atom stereocenters. The van der Waals surface area contributed by atoms with E-state index in [0.717, 1.165) is 21.1 Å². The van der Waals surface area contributed by atoms with Gasteiger partial charge < -0.3 is 4.57 Å². The van der Waals surface area contributed by atoms with Crippen molar-refractivity contribution in [3.8, 4) is 6.07 Å². The largest absolute Gasteiger partial charge is 0.311 e. The van der Waals surface area contributed by atoms with E-state index in [0.29, 0.717) is 16.1 Å². The van der Waals surface area contributed by atoms with Crippen LogP contribution in [-0.2, 0) is 7.05 Å². The number of pyridine rings is 1. The Morgan fingerprint density at radius 1 is 1.20 bits per heavy atom. The van der Waals surface area contributed by atoms with E-state index >= 15 is 0 Å². The Kier molecular flexibility index (Phi) is 3.68. The van der Waals surface area contributed by atoms with Gasteiger partial charge in [-0.05, 0) is 35.7 Å². The van der Waals surface area contributed by atoms with E-state index in [9.17, 15) is 10.1 Å². The first-order chi connectivity index (χ1) is 12.2. The number of fused-ring (bicyclic) bond motifs is 2. The quantitative estimate of drug-likeness (QED) is 0.512. The number of nitriles is 1. The number of aryl methyl sites for hydroxylation is 1. The molecule has 0 amide bonds. The molecule has 0 saturated heterocycles. The first-order valence-corrected chi connectivity index (χ1v) is 8.55. The third-order valence-corrected chi connectivity index (χ3v) is 5.17. The highest BCUT2D eigenvalue weighted by atomic mass is 32.1. The lowest BCUT2D eigenvalue weighted by molar-refractivity contribution is 0.903. The summed E-state index contributed by atoms with van der Waals surface area (Å²) in [6, 6.07) is 19.4. The van der Waals surface area contributed by atoms with Crippen LogP contribution in [0.3, 0.4) is 0 Å². The molecule has 0 aliphatic heterocycles. The minimum atomic E-state index is -0.132. The van der Waals surface area contributed by atoms with E-state index in [-0.39, 0.29) is 5.56 Å². The standard InChI is InChI=1S/C20H13N3OS/c1-23-17-8-4-2-6-13(17)10-14(20(23)24)11-15(12-21)19-22-16-7-3-5-9-18(16)25-19/h2-11H,1H3/b15-11+. The molecule has 0 atom stereocenters. The maximum absolute atomic E-state index is 12.6. The van der Waals surface area contributed by atoms with Gasteiger partial charge in [0.2, 0.25) is 0 Å². The molecule has 2 aromatic carbocycles. The molecule has 0 aliphatic rings. The molecule has 120 valence electrons. The Balaban J connectivity index is 1.91. The van der Waals surface area contributed by atoms with E-state index in [1.165, 1.54) is 11.3 Å². The smallest absolute Gasteiger partial charge is 0.258 e. The molecule has 2 aromatic heterocycles. The van der Waals surface area contributed by atoms with Gasteiger partial charge in [0.15, 0.2) is 0 Å². The van der Waals surface area contributed by atoms with Gasteiger partial charge in [-0.3, -0.25) is 4.79 Å². The molecule has 2 heterocycles. The second-order valence-corrected chi connectivity index (χ2v) is 6.71. The average molecular weight is 343 g/mol. The van der Waals surface area contributed by atoms with Crippen LogP contribution in [0.25, 0.3) is 32.8 Å². The molecule has 25 heavy (non-hydrogen) atoms. The summed E-state index contributed by atoms with van der Waals surface area (Å²) in [5, 5.41) is 11.2. The first-order valence-electron chi connectivity index (χ1n) is 7.74. The van der Waals surface area contributed by atoms with E-state index < -0.39 is 0 Å². The molecule has 4 aromatic rings. The van der Waals surface area contributed by atoms with E-state index in [4.69, 9.17) is 0 Å². The molecule has 0 radical (unpaired) electrons. The maximum Gasteiger partial charge on any atom is 0.258 e. The Morgan fingerprint density at radius 2 is 1.96 bits per heavy atom. The lowest BCUT2D eigenvalue weighted by Gasteiger charge is -2.06. The van der Waals surface area contributed by atoms with Gasteiger partial charge in [-0.2, -0.15) is 5.26 Å². The summed E-state index contributed by atoms with van der Waals surface area (Å²) in [5.74, 6) is 0. The van der Waals surface area contributed by atoms with Gasteiger partial charge in [0, 0.05) is 12.6 Å². The Morgan fingerprint density at radius 3 is 2.76 bits per heavy atom. The van der Waals surface area contributed by atoms with Crippen LogP contribution in [0, 0.1) is 11.3 Å². The second-order valence-electron chi connectivity index (χ2n) is 5.68. The monoisotopic (exact) mass is 343 g/mol. The predicted molar refractivity (Wildman–Crippen MR) is 102 cm³/mol. The highest BCUT2D eigenvalue weighted by Gasteiger charge is 2.11. The van der Waals surface area contributed by atoms with E-state index in [1.54, 1.807) is 17.7 Å². The number of rotatable bonds is 2. The van der Waals surface area contributed by atoms with Crippen molar-refractivity contribution in [2.45, 2.75) is 0 Å². The van der Waals surface area contributed by atoms with Crippen molar-refractivity contribution >= 4 is 44.1 Å². The fraction of sp³-hybridized carbons (Fsp3) is 0.0500. The van der Waals surface area contributed by atoms with Gasteiger partial charge in [-0.25, -0.2) is 4.98 Å². The summed E-state index contributed by atoms with van der Waals surface area (Å²) in [6.45, 7) is 0. The number of allylic oxidation sites excluding steroid dienone is 1. The molecule has 4 rings (SSSR count). The van der Waals surface area contributed by atoms with Crippen LogP contribution >= 0.6 is 11.3 Å². The summed E-state index contributed by atoms with van der Waals surface area (Å²) < 4.78 is 2.62. The molecule has 0 saturated carbocycles. The van der Waals surface area contributed by atoms with Crippen LogP contribution in [-0.4, -0.2) is 9.55 Å². The number of para-hydroxylation sites is 2. The highest BCUT2D eigenvalue weighted by molar-refractivity contribution is 7.19. The highest BCUT2D eigenvalue weighted by Crippen LogP contribution is 2.27. The number of benzene rings is 2. The third kappa shape index (κ3) is 2.63. The van der Waals surface area contributed by atoms with Gasteiger partial charge in [0.05, 0.1) is 21.3 Å². The molecule has 0 fully saturated rings. The number of aromatic nitrogens is 2. The summed E-state index contributed by atoms with van der Waals surface area (Å²) in [6.07, 6.45) is 1.63. The van der Waals surface area contributed by atoms with Crippen LogP contribution in [0.2, 0.25) is 0 Å². The van der Waals surface area contributed by atoms with Gasteiger partial charge in [-0.15, -0.1) is 11.3 Å². The van der Waals surface area contributed by atoms with Crippen molar-refractivity contribution in [1.82, 2.24) is 9.55 Å². The van der Waals surface area contributed by atoms with Gasteiger partial charge in [0.1, 0.15) is 11.1 Å². The summed E-state index contributed by atoms with van der Waals surface area (Å²) in [5.41, 5.74) is 2.47. The fourth-order valence-corrected chi connectivity index (χ4v) is 3.77. The molecular formula is C20H13N3OS. The zero-order valence-corrected chi connectivity index (χ0v) is 14.2. The van der Waals surface area contributed by atoms with Gasteiger partial charge >= 0.3 is 0 Å². The predicted octanol–water partition coefficient (Wildman–Crippen LogP) is 4.21. The number of hydrogen-bond acceptors (Lipinski definition) is 4. The van der Waals surface area contributed by atoms with Crippen molar-refractivity contribution in [2.75, 3.05) is 0 Å². The van der Waals surface area contributed by atoms with Crippen molar-refractivity contribution < 1.29 is 0 Å². The number of thiazole rings is 1. The Labute approximate surface area is 147 Å². The molecule has 0 bridgehead atoms. The van der Waals surface area contributed by atoms with Crippen LogP contribution < -0.4 is 5.56 Å². The SMILES string of the molecule is Cn1c(=O)c(/C=C(\C#N)c2nc3ccccc3s2)cc2ccccc21. The van der Waals surface area contributed by atoms with Crippen molar-refractivity contribution in [3.05, 3.63) is 75.5 Å². The lowest BCUT2D eigenvalue weighted by atomic mass is 10.1. The van der Waals surface area contributed by atoms with Gasteiger partial charge in [0.25, 0.3) is 5.56 Å². The second kappa shape index (κ2) is 6.00. The zero-order valence-electron chi connectivity index (χ0n) is 13.4. The summed E-state index contributed by atoms with van der Waals surface area (Å²) >= 11 is 1.45. The van der Waals surface area contributed by atoms with Crippen LogP contribution in [0.1, 0.15) is 10.6 Å². The molecule has 0 spiro atoms. The average Bonchev–Trinajstić information content (AvgIpc) is 3.07. The van der Waals surface area contributed by atoms with Crippen molar-refractivity contribution in [3.63, 3.8) is 0 Å². The zero-order chi connectivity index (χ0) is 17.4. The fourth-order valence-electron chi connectivity index (χ4n) is 2.84. The van der Waals surface area contributed by atoms with Crippen LogP contribution in [0.5, 0.6) is 0 Å². The third-order valence-electron chi connectivity index (χ3n) is 4.11. The van der Waals surface area contributed by atoms with Crippen molar-refractivity contribution in [1.29, 1.82) is 5.26 Å². The maximum atomic E-state index is 12.6. The topological polar surface area (TPSA) is 58.7 Å². The van der Waals surface area contributed by atoms with Crippen LogP contribution in [0.4, 0.5) is 0 Å². The molecule has 4 nitrogen and oxygen atoms in total. The lowest BCUT2D eigenvalue weighted by Crippen LogP contribution is -2.19. The Bertz CT molecular complexity index is 1210. The van der Waals surface area contributed by atoms with E-state index in [1.807, 2.05) is 54.6 Å². The first kappa shape index (κ1) is 15.3. The number of hydrogen-bond donors (Lipinski definition) is 0. The van der Waals surface area contributed by atoms with E-state index in [2.05, 4.69) is 11.1 Å². The molecule has 0 aliphatic carbocycles. The van der Waals surface area contributed by atoms with Gasteiger partial charge in [-0.1, -0.05) is 30.3 Å². The minimum Gasteiger partial charge on any atom is -0.311 e. The molecule has 0 N–H and O–H groups in total. The Hall–Kier alpha value is -3.23. The van der Waals surface area contributed by atoms with Crippen LogP contribution in [0.15, 0.2) is 59.4 Å². The molecule has 5 heteroatoms. The summed E-state index contributed by atoms with van der Waals surface area (Å²) in [4.78, 5) is 17.1. The summed E-state index contributed by atoms with van der Waals surface area (Å²) in [7, 11) is 1.74. The molecular weight excluding hydrogens is 330 g/mol. The van der Waals surface area contributed by atoms with Crippen molar-refractivity contribution in [2.24, 2.45) is 7.05 Å². The minimum absolute atomic E-state index is 0.132.